The zero-order chi connectivity index (χ0) is 24.2. The van der Waals surface area contributed by atoms with Crippen LogP contribution in [0.3, 0.4) is 0 Å². The Morgan fingerprint density at radius 1 is 1.20 bits per heavy atom. The van der Waals surface area contributed by atoms with Gasteiger partial charge in [0.25, 0.3) is 0 Å². The predicted molar refractivity (Wildman–Crippen MR) is 133 cm³/mol. The Morgan fingerprint density at radius 2 is 1.97 bits per heavy atom. The van der Waals surface area contributed by atoms with E-state index < -0.39 is 5.41 Å². The lowest BCUT2D eigenvalue weighted by atomic mass is 9.51. The molecule has 6 aliphatic rings. The lowest BCUT2D eigenvalue weighted by Crippen LogP contribution is -2.63. The van der Waals surface area contributed by atoms with Crippen molar-refractivity contribution in [3.63, 3.8) is 0 Å². The Hall–Kier alpha value is -1.99. The van der Waals surface area contributed by atoms with Crippen molar-refractivity contribution in [1.82, 2.24) is 5.32 Å². The standard InChI is InChI=1S/C28H38FN3O3/c29-23-12-22(31-26(35)19-2-3-19)4-5-24(23)32-9-1-6-27(16-32,17-33)7-8-30-28-13-18-10-20(14-28)25(34)21(11-18)15-28/h4-5,12,17-21,25,30,34H,1-3,6-11,13-16H2,(H,31,35). The normalized spacial score (nSPS) is 37.9. The molecular formula is C28H38FN3O3. The number of hydrogen-bond acceptors (Lipinski definition) is 5. The molecule has 7 heteroatoms. The molecule has 1 aromatic rings. The Kier molecular flexibility index (Phi) is 5.91. The summed E-state index contributed by atoms with van der Waals surface area (Å²) in [4.78, 5) is 26.4. The molecule has 7 rings (SSSR count). The minimum Gasteiger partial charge on any atom is -0.393 e. The van der Waals surface area contributed by atoms with E-state index in [2.05, 4.69) is 10.6 Å². The van der Waals surface area contributed by atoms with Crippen LogP contribution in [0.15, 0.2) is 18.2 Å². The number of halogens is 1. The minimum atomic E-state index is -0.488. The highest BCUT2D eigenvalue weighted by Crippen LogP contribution is 2.55. The first-order valence-corrected chi connectivity index (χ1v) is 13.6. The van der Waals surface area contributed by atoms with Crippen LogP contribution in [0, 0.1) is 34.9 Å². The van der Waals surface area contributed by atoms with Gasteiger partial charge in [-0.15, -0.1) is 0 Å². The Balaban J connectivity index is 1.09. The van der Waals surface area contributed by atoms with Gasteiger partial charge >= 0.3 is 0 Å². The lowest BCUT2D eigenvalue weighted by molar-refractivity contribution is -0.119. The van der Waals surface area contributed by atoms with Gasteiger partial charge in [0.2, 0.25) is 5.91 Å². The van der Waals surface area contributed by atoms with Gasteiger partial charge < -0.3 is 25.4 Å². The molecular weight excluding hydrogens is 445 g/mol. The second-order valence-corrected chi connectivity index (χ2v) is 12.4. The van der Waals surface area contributed by atoms with Gasteiger partial charge in [-0.25, -0.2) is 4.39 Å². The molecule has 35 heavy (non-hydrogen) atoms. The molecule has 3 N–H and O–H groups in total. The third kappa shape index (κ3) is 4.50. The van der Waals surface area contributed by atoms with Gasteiger partial charge in [0.15, 0.2) is 0 Å². The van der Waals surface area contributed by atoms with E-state index in [-0.39, 0.29) is 29.3 Å². The van der Waals surface area contributed by atoms with E-state index in [0.29, 0.717) is 29.8 Å². The zero-order valence-electron chi connectivity index (χ0n) is 20.5. The van der Waals surface area contributed by atoms with Crippen molar-refractivity contribution in [2.75, 3.05) is 29.9 Å². The van der Waals surface area contributed by atoms with Crippen LogP contribution in [0.25, 0.3) is 0 Å². The Bertz CT molecular complexity index is 982. The Labute approximate surface area is 207 Å². The number of nitrogens with zero attached hydrogens (tertiary/aromatic N) is 1. The number of aliphatic hydroxyl groups is 1. The SMILES string of the molecule is O=CC1(CCNC23CC4CC(C2)C(O)C(C4)C3)CCCN(c2ccc(NC(=O)C3CC3)cc2F)C1. The number of piperidine rings is 1. The highest BCUT2D eigenvalue weighted by atomic mass is 19.1. The van der Waals surface area contributed by atoms with Gasteiger partial charge in [0, 0.05) is 35.6 Å². The molecule has 1 amide bonds. The monoisotopic (exact) mass is 483 g/mol. The summed E-state index contributed by atoms with van der Waals surface area (Å²) in [5.41, 5.74) is 0.634. The molecule has 4 bridgehead atoms. The fourth-order valence-electron chi connectivity index (χ4n) is 7.95. The van der Waals surface area contributed by atoms with Crippen molar-refractivity contribution < 1.29 is 19.1 Å². The smallest absolute Gasteiger partial charge is 0.227 e. The molecule has 3 atom stereocenters. The quantitative estimate of drug-likeness (QED) is 0.489. The van der Waals surface area contributed by atoms with Crippen molar-refractivity contribution >= 4 is 23.6 Å². The van der Waals surface area contributed by atoms with Crippen molar-refractivity contribution in [3.8, 4) is 0 Å². The number of carbonyl (C=O) groups is 2. The molecule has 0 aromatic heterocycles. The summed E-state index contributed by atoms with van der Waals surface area (Å²) in [6.07, 6.45) is 10.9. The number of amides is 1. The van der Waals surface area contributed by atoms with E-state index in [9.17, 15) is 14.7 Å². The highest BCUT2D eigenvalue weighted by molar-refractivity contribution is 5.94. The highest BCUT2D eigenvalue weighted by Gasteiger charge is 2.54. The van der Waals surface area contributed by atoms with Crippen molar-refractivity contribution in [3.05, 3.63) is 24.0 Å². The molecule has 0 spiro atoms. The van der Waals surface area contributed by atoms with Crippen LogP contribution < -0.4 is 15.5 Å². The van der Waals surface area contributed by atoms with Crippen molar-refractivity contribution in [2.45, 2.75) is 75.9 Å². The number of rotatable bonds is 8. The van der Waals surface area contributed by atoms with Crippen LogP contribution in [-0.2, 0) is 9.59 Å². The second kappa shape index (κ2) is 8.84. The maximum atomic E-state index is 15.1. The third-order valence-corrected chi connectivity index (χ3v) is 9.71. The van der Waals surface area contributed by atoms with Crippen LogP contribution in [0.1, 0.15) is 64.2 Å². The maximum absolute atomic E-state index is 15.1. The first kappa shape index (κ1) is 23.4. The van der Waals surface area contributed by atoms with Gasteiger partial charge in [-0.3, -0.25) is 4.79 Å². The van der Waals surface area contributed by atoms with Gasteiger partial charge in [0.1, 0.15) is 12.1 Å². The van der Waals surface area contributed by atoms with E-state index in [0.717, 1.165) is 70.2 Å². The van der Waals surface area contributed by atoms with Crippen LogP contribution in [-0.4, -0.2) is 48.6 Å². The molecule has 1 aliphatic heterocycles. The molecule has 0 radical (unpaired) electrons. The van der Waals surface area contributed by atoms with Gasteiger partial charge in [-0.05, 0) is 107 Å². The van der Waals surface area contributed by atoms with E-state index in [1.54, 1.807) is 12.1 Å². The van der Waals surface area contributed by atoms with E-state index in [1.165, 1.54) is 25.3 Å². The summed E-state index contributed by atoms with van der Waals surface area (Å²) in [6, 6.07) is 4.90. The number of nitrogens with one attached hydrogen (secondary N) is 2. The maximum Gasteiger partial charge on any atom is 0.227 e. The summed E-state index contributed by atoms with van der Waals surface area (Å²) in [6.45, 7) is 2.02. The first-order valence-electron chi connectivity index (χ1n) is 13.6. The van der Waals surface area contributed by atoms with Crippen LogP contribution in [0.2, 0.25) is 0 Å². The molecule has 1 saturated heterocycles. The fraction of sp³-hybridized carbons (Fsp3) is 0.714. The zero-order valence-corrected chi connectivity index (χ0v) is 20.5. The Morgan fingerprint density at radius 3 is 2.66 bits per heavy atom. The number of anilines is 2. The first-order chi connectivity index (χ1) is 16.9. The average Bonchev–Trinajstić information content (AvgIpc) is 3.68. The second-order valence-electron chi connectivity index (χ2n) is 12.4. The number of hydrogen-bond donors (Lipinski definition) is 3. The minimum absolute atomic E-state index is 0.0314. The summed E-state index contributed by atoms with van der Waals surface area (Å²) in [5.74, 6) is 1.28. The average molecular weight is 484 g/mol. The van der Waals surface area contributed by atoms with E-state index in [1.807, 2.05) is 4.90 Å². The molecule has 190 valence electrons. The third-order valence-electron chi connectivity index (χ3n) is 9.71. The van der Waals surface area contributed by atoms with E-state index >= 15 is 4.39 Å². The summed E-state index contributed by atoms with van der Waals surface area (Å²) < 4.78 is 15.1. The van der Waals surface area contributed by atoms with Crippen LogP contribution in [0.4, 0.5) is 15.8 Å². The molecule has 5 saturated carbocycles. The van der Waals surface area contributed by atoms with Crippen LogP contribution in [0.5, 0.6) is 0 Å². The molecule has 1 aromatic carbocycles. The number of carbonyl (C=O) groups excluding carboxylic acids is 2. The number of aliphatic hydroxyl groups excluding tert-OH is 1. The molecule has 5 aliphatic carbocycles. The molecule has 3 unspecified atom stereocenters. The van der Waals surface area contributed by atoms with Crippen molar-refractivity contribution in [1.29, 1.82) is 0 Å². The lowest BCUT2D eigenvalue weighted by Gasteiger charge is -2.59. The summed E-state index contributed by atoms with van der Waals surface area (Å²) in [7, 11) is 0. The molecule has 1 heterocycles. The topological polar surface area (TPSA) is 81.7 Å². The number of benzene rings is 1. The molecule has 6 fully saturated rings. The van der Waals surface area contributed by atoms with E-state index in [4.69, 9.17) is 0 Å². The summed E-state index contributed by atoms with van der Waals surface area (Å²) in [5, 5.41) is 17.2. The number of aldehydes is 1. The largest absolute Gasteiger partial charge is 0.393 e. The van der Waals surface area contributed by atoms with Crippen molar-refractivity contribution in [2.24, 2.45) is 29.1 Å². The van der Waals surface area contributed by atoms with Gasteiger partial charge in [-0.1, -0.05) is 0 Å². The predicted octanol–water partition coefficient (Wildman–Crippen LogP) is 3.88. The van der Waals surface area contributed by atoms with Crippen LogP contribution >= 0.6 is 0 Å². The summed E-state index contributed by atoms with van der Waals surface area (Å²) >= 11 is 0. The fourth-order valence-corrected chi connectivity index (χ4v) is 7.95. The van der Waals surface area contributed by atoms with Gasteiger partial charge in [0.05, 0.1) is 11.8 Å². The van der Waals surface area contributed by atoms with Gasteiger partial charge in [-0.2, -0.15) is 0 Å². The molecule has 6 nitrogen and oxygen atoms in total.